The van der Waals surface area contributed by atoms with Crippen LogP contribution in [0.25, 0.3) is 0 Å². The first-order chi connectivity index (χ1) is 11.0. The number of benzene rings is 1. The van der Waals surface area contributed by atoms with Crippen molar-refractivity contribution >= 4 is 5.91 Å². The van der Waals surface area contributed by atoms with Crippen LogP contribution in [-0.2, 0) is 10.2 Å². The van der Waals surface area contributed by atoms with Crippen molar-refractivity contribution in [2.75, 3.05) is 32.7 Å². The number of carbonyl (C=O) groups excluding carboxylic acids is 1. The van der Waals surface area contributed by atoms with E-state index in [1.165, 1.54) is 12.1 Å². The molecule has 3 rings (SSSR count). The molecule has 1 saturated heterocycles. The fourth-order valence-electron chi connectivity index (χ4n) is 3.75. The van der Waals surface area contributed by atoms with Crippen molar-refractivity contribution in [3.8, 4) is 0 Å². The van der Waals surface area contributed by atoms with Crippen molar-refractivity contribution in [3.05, 3.63) is 35.6 Å². The molecule has 0 bridgehead atoms. The highest BCUT2D eigenvalue weighted by Gasteiger charge is 2.48. The van der Waals surface area contributed by atoms with Gasteiger partial charge in [0.2, 0.25) is 5.91 Å². The standard InChI is InChI=1S/C18H25FN2O2/c1-14(22)13-20-8-10-21(11-9-20)17(23)18(6-3-7-18)15-4-2-5-16(19)12-15/h2,4-5,12,14,22H,3,6-11,13H2,1H3/t14-/m1/s1. The molecule has 2 fully saturated rings. The van der Waals surface area contributed by atoms with Gasteiger partial charge in [0.1, 0.15) is 5.82 Å². The predicted molar refractivity (Wildman–Crippen MR) is 86.6 cm³/mol. The van der Waals surface area contributed by atoms with Crippen molar-refractivity contribution in [2.24, 2.45) is 0 Å². The van der Waals surface area contributed by atoms with Crippen molar-refractivity contribution in [1.29, 1.82) is 0 Å². The molecule has 1 aromatic rings. The summed E-state index contributed by atoms with van der Waals surface area (Å²) in [5.74, 6) is -0.130. The zero-order chi connectivity index (χ0) is 16.4. The highest BCUT2D eigenvalue weighted by Crippen LogP contribution is 2.45. The van der Waals surface area contributed by atoms with Gasteiger partial charge in [-0.2, -0.15) is 0 Å². The van der Waals surface area contributed by atoms with Crippen molar-refractivity contribution in [3.63, 3.8) is 0 Å². The van der Waals surface area contributed by atoms with Crippen LogP contribution in [0, 0.1) is 5.82 Å². The Balaban J connectivity index is 1.70. The average Bonchev–Trinajstić information content (AvgIpc) is 2.46. The van der Waals surface area contributed by atoms with E-state index in [-0.39, 0.29) is 17.8 Å². The lowest BCUT2D eigenvalue weighted by Crippen LogP contribution is -2.57. The molecule has 1 aromatic carbocycles. The van der Waals surface area contributed by atoms with Gasteiger partial charge in [-0.3, -0.25) is 9.69 Å². The quantitative estimate of drug-likeness (QED) is 0.919. The normalized spacial score (nSPS) is 22.5. The van der Waals surface area contributed by atoms with Gasteiger partial charge in [0.15, 0.2) is 0 Å². The molecule has 1 aliphatic carbocycles. The zero-order valence-electron chi connectivity index (χ0n) is 13.7. The van der Waals surface area contributed by atoms with E-state index in [4.69, 9.17) is 0 Å². The van der Waals surface area contributed by atoms with E-state index in [0.29, 0.717) is 19.6 Å². The minimum atomic E-state index is -0.519. The fourth-order valence-corrected chi connectivity index (χ4v) is 3.75. The van der Waals surface area contributed by atoms with Gasteiger partial charge in [0.25, 0.3) is 0 Å². The molecule has 0 radical (unpaired) electrons. The highest BCUT2D eigenvalue weighted by atomic mass is 19.1. The van der Waals surface area contributed by atoms with Gasteiger partial charge in [0.05, 0.1) is 11.5 Å². The number of β-amino-alcohol motifs (C(OH)–C–C–N with tert-alkyl or cyclic N) is 1. The van der Waals surface area contributed by atoms with Gasteiger partial charge in [-0.15, -0.1) is 0 Å². The maximum absolute atomic E-state index is 13.6. The molecule has 1 heterocycles. The first-order valence-corrected chi connectivity index (χ1v) is 8.47. The van der Waals surface area contributed by atoms with Crippen molar-refractivity contribution in [2.45, 2.75) is 37.7 Å². The summed E-state index contributed by atoms with van der Waals surface area (Å²) < 4.78 is 13.6. The Morgan fingerprint density at radius 3 is 2.52 bits per heavy atom. The number of halogens is 1. The molecule has 0 aromatic heterocycles. The Labute approximate surface area is 136 Å². The largest absolute Gasteiger partial charge is 0.392 e. The number of aliphatic hydroxyl groups excluding tert-OH is 1. The summed E-state index contributed by atoms with van der Waals surface area (Å²) in [6.45, 7) is 5.37. The second-order valence-corrected chi connectivity index (χ2v) is 6.89. The lowest BCUT2D eigenvalue weighted by atomic mass is 9.63. The number of piperazine rings is 1. The van der Waals surface area contributed by atoms with Crippen molar-refractivity contribution < 1.29 is 14.3 Å². The average molecular weight is 320 g/mol. The topological polar surface area (TPSA) is 43.8 Å². The second-order valence-electron chi connectivity index (χ2n) is 6.89. The van der Waals surface area contributed by atoms with Crippen LogP contribution in [0.1, 0.15) is 31.7 Å². The molecule has 23 heavy (non-hydrogen) atoms. The first kappa shape index (κ1) is 16.4. The summed E-state index contributed by atoms with van der Waals surface area (Å²) in [6, 6.07) is 6.51. The molecule has 5 heteroatoms. The van der Waals surface area contributed by atoms with Gasteiger partial charge in [-0.05, 0) is 37.5 Å². The number of hydrogen-bond acceptors (Lipinski definition) is 3. The predicted octanol–water partition coefficient (Wildman–Crippen LogP) is 1.77. The van der Waals surface area contributed by atoms with Gasteiger partial charge in [0, 0.05) is 32.7 Å². The molecule has 1 N–H and O–H groups in total. The van der Waals surface area contributed by atoms with Crippen LogP contribution in [0.15, 0.2) is 24.3 Å². The Bertz CT molecular complexity index is 564. The van der Waals surface area contributed by atoms with Crippen LogP contribution in [0.3, 0.4) is 0 Å². The van der Waals surface area contributed by atoms with E-state index in [1.54, 1.807) is 13.0 Å². The molecule has 1 saturated carbocycles. The lowest BCUT2D eigenvalue weighted by Gasteiger charge is -2.46. The van der Waals surface area contributed by atoms with E-state index in [0.717, 1.165) is 37.9 Å². The van der Waals surface area contributed by atoms with Gasteiger partial charge >= 0.3 is 0 Å². The van der Waals surface area contributed by atoms with E-state index < -0.39 is 5.41 Å². The molecule has 0 unspecified atom stereocenters. The van der Waals surface area contributed by atoms with Crippen LogP contribution in [0.5, 0.6) is 0 Å². The van der Waals surface area contributed by atoms with E-state index in [9.17, 15) is 14.3 Å². The van der Waals surface area contributed by atoms with E-state index >= 15 is 0 Å². The number of amides is 1. The molecule has 126 valence electrons. The Kier molecular flexibility index (Phi) is 4.69. The van der Waals surface area contributed by atoms with Crippen LogP contribution in [0.2, 0.25) is 0 Å². The molecule has 1 aliphatic heterocycles. The monoisotopic (exact) mass is 320 g/mol. The van der Waals surface area contributed by atoms with Crippen LogP contribution in [-0.4, -0.2) is 59.6 Å². The minimum absolute atomic E-state index is 0.144. The summed E-state index contributed by atoms with van der Waals surface area (Å²) >= 11 is 0. The van der Waals surface area contributed by atoms with E-state index in [1.807, 2.05) is 11.0 Å². The third kappa shape index (κ3) is 3.26. The Morgan fingerprint density at radius 2 is 2.00 bits per heavy atom. The van der Waals surface area contributed by atoms with Gasteiger partial charge in [-0.25, -0.2) is 4.39 Å². The lowest BCUT2D eigenvalue weighted by molar-refractivity contribution is -0.142. The molecule has 1 amide bonds. The number of hydrogen-bond donors (Lipinski definition) is 1. The first-order valence-electron chi connectivity index (χ1n) is 8.47. The van der Waals surface area contributed by atoms with Crippen molar-refractivity contribution in [1.82, 2.24) is 9.80 Å². The summed E-state index contributed by atoms with van der Waals surface area (Å²) in [7, 11) is 0. The SMILES string of the molecule is C[C@@H](O)CN1CCN(C(=O)C2(c3cccc(F)c3)CCC2)CC1. The van der Waals surface area contributed by atoms with Crippen LogP contribution in [0.4, 0.5) is 4.39 Å². The molecule has 2 aliphatic rings. The summed E-state index contributed by atoms with van der Waals surface area (Å²) in [5.41, 5.74) is 0.300. The highest BCUT2D eigenvalue weighted by molar-refractivity contribution is 5.89. The van der Waals surface area contributed by atoms with Crippen LogP contribution < -0.4 is 0 Å². The Morgan fingerprint density at radius 1 is 1.30 bits per heavy atom. The fraction of sp³-hybridized carbons (Fsp3) is 0.611. The van der Waals surface area contributed by atoms with Gasteiger partial charge < -0.3 is 10.0 Å². The zero-order valence-corrected chi connectivity index (χ0v) is 13.7. The third-order valence-electron chi connectivity index (χ3n) is 5.18. The molecular formula is C18H25FN2O2. The third-order valence-corrected chi connectivity index (χ3v) is 5.18. The Hall–Kier alpha value is -1.46. The number of carbonyl (C=O) groups is 1. The molecule has 1 atom stereocenters. The maximum Gasteiger partial charge on any atom is 0.233 e. The van der Waals surface area contributed by atoms with Crippen LogP contribution >= 0.6 is 0 Å². The maximum atomic E-state index is 13.6. The molecule has 0 spiro atoms. The smallest absolute Gasteiger partial charge is 0.233 e. The second kappa shape index (κ2) is 6.57. The minimum Gasteiger partial charge on any atom is -0.392 e. The number of rotatable bonds is 4. The van der Waals surface area contributed by atoms with Gasteiger partial charge in [-0.1, -0.05) is 18.6 Å². The number of aliphatic hydroxyl groups is 1. The summed E-state index contributed by atoms with van der Waals surface area (Å²) in [6.07, 6.45) is 2.29. The summed E-state index contributed by atoms with van der Waals surface area (Å²) in [5, 5.41) is 9.47. The molecule has 4 nitrogen and oxygen atoms in total. The number of nitrogens with zero attached hydrogens (tertiary/aromatic N) is 2. The molecular weight excluding hydrogens is 295 g/mol. The van der Waals surface area contributed by atoms with E-state index in [2.05, 4.69) is 4.90 Å². The summed E-state index contributed by atoms with van der Waals surface area (Å²) in [4.78, 5) is 17.2.